The Bertz CT molecular complexity index is 660. The molecule has 2 aromatic carbocycles. The highest BCUT2D eigenvalue weighted by atomic mass is 35.5. The third kappa shape index (κ3) is 4.63. The van der Waals surface area contributed by atoms with Crippen LogP contribution in [-0.2, 0) is 13.0 Å². The van der Waals surface area contributed by atoms with E-state index in [4.69, 9.17) is 26.8 Å². The molecule has 1 atom stereocenters. The zero-order valence-electron chi connectivity index (χ0n) is 14.2. The van der Waals surface area contributed by atoms with E-state index in [-0.39, 0.29) is 6.04 Å². The molecule has 0 amide bonds. The van der Waals surface area contributed by atoms with E-state index in [1.54, 1.807) is 7.11 Å². The van der Waals surface area contributed by atoms with Crippen LogP contribution in [0.3, 0.4) is 0 Å². The second kappa shape index (κ2) is 7.71. The molecule has 23 heavy (non-hydrogen) atoms. The number of aryl methyl sites for hydroxylation is 2. The fourth-order valence-electron chi connectivity index (χ4n) is 2.59. The van der Waals surface area contributed by atoms with Gasteiger partial charge < -0.3 is 15.2 Å². The number of nitrogens with two attached hydrogens (primary N) is 1. The first-order chi connectivity index (χ1) is 10.9. The Kier molecular flexibility index (Phi) is 5.91. The molecule has 2 aromatic rings. The molecule has 0 heterocycles. The molecule has 124 valence electrons. The number of halogens is 1. The fourth-order valence-corrected chi connectivity index (χ4v) is 2.70. The molecule has 1 unspecified atom stereocenters. The molecule has 0 aliphatic rings. The number of hydrogen-bond donors (Lipinski definition) is 1. The molecule has 2 rings (SSSR count). The Morgan fingerprint density at radius 3 is 2.35 bits per heavy atom. The summed E-state index contributed by atoms with van der Waals surface area (Å²) >= 11 is 6.20. The van der Waals surface area contributed by atoms with Crippen LogP contribution in [0.5, 0.6) is 11.5 Å². The van der Waals surface area contributed by atoms with Crippen molar-refractivity contribution in [3.8, 4) is 11.5 Å². The van der Waals surface area contributed by atoms with E-state index in [2.05, 4.69) is 6.07 Å². The van der Waals surface area contributed by atoms with Gasteiger partial charge in [-0.15, -0.1) is 0 Å². The van der Waals surface area contributed by atoms with Crippen LogP contribution in [-0.4, -0.2) is 13.2 Å². The predicted molar refractivity (Wildman–Crippen MR) is 95.6 cm³/mol. The molecule has 0 spiro atoms. The molecule has 4 heteroatoms. The molecule has 0 saturated heterocycles. The predicted octanol–water partition coefficient (Wildman–Crippen LogP) is 4.43. The van der Waals surface area contributed by atoms with Gasteiger partial charge in [0.25, 0.3) is 0 Å². The van der Waals surface area contributed by atoms with Gasteiger partial charge in [-0.25, -0.2) is 0 Å². The normalized spacial score (nSPS) is 12.1. The maximum atomic E-state index is 6.20. The second-order valence-corrected chi connectivity index (χ2v) is 6.37. The van der Waals surface area contributed by atoms with Crippen LogP contribution >= 0.6 is 11.6 Å². The van der Waals surface area contributed by atoms with Gasteiger partial charge in [0.2, 0.25) is 0 Å². The fraction of sp³-hybridized carbons (Fsp3) is 0.368. The van der Waals surface area contributed by atoms with E-state index in [0.717, 1.165) is 39.6 Å². The maximum absolute atomic E-state index is 6.20. The summed E-state index contributed by atoms with van der Waals surface area (Å²) in [7, 11) is 1.67. The molecule has 0 radical (unpaired) electrons. The van der Waals surface area contributed by atoms with Crippen LogP contribution in [0, 0.1) is 13.8 Å². The number of rotatable bonds is 6. The molecule has 0 fully saturated rings. The van der Waals surface area contributed by atoms with Crippen molar-refractivity contribution in [3.05, 3.63) is 57.6 Å². The minimum absolute atomic E-state index is 0.124. The van der Waals surface area contributed by atoms with Crippen molar-refractivity contribution in [2.45, 2.75) is 39.8 Å². The molecule has 0 bridgehead atoms. The zero-order chi connectivity index (χ0) is 17.0. The van der Waals surface area contributed by atoms with Crippen molar-refractivity contribution < 1.29 is 9.47 Å². The van der Waals surface area contributed by atoms with Crippen molar-refractivity contribution >= 4 is 11.6 Å². The lowest BCUT2D eigenvalue weighted by Crippen LogP contribution is -2.17. The van der Waals surface area contributed by atoms with Crippen LogP contribution < -0.4 is 15.2 Å². The van der Waals surface area contributed by atoms with E-state index in [0.29, 0.717) is 6.61 Å². The van der Waals surface area contributed by atoms with E-state index < -0.39 is 0 Å². The first kappa shape index (κ1) is 17.6. The van der Waals surface area contributed by atoms with Crippen molar-refractivity contribution in [3.63, 3.8) is 0 Å². The topological polar surface area (TPSA) is 44.5 Å². The van der Waals surface area contributed by atoms with E-state index in [1.165, 1.54) is 5.56 Å². The van der Waals surface area contributed by atoms with Crippen LogP contribution in [0.4, 0.5) is 0 Å². The highest BCUT2D eigenvalue weighted by molar-refractivity contribution is 6.32. The summed E-state index contributed by atoms with van der Waals surface area (Å²) < 4.78 is 11.4. The van der Waals surface area contributed by atoms with E-state index in [1.807, 2.05) is 45.0 Å². The van der Waals surface area contributed by atoms with Crippen LogP contribution in [0.25, 0.3) is 0 Å². The summed E-state index contributed by atoms with van der Waals surface area (Å²) in [5, 5.41) is 0.786. The smallest absolute Gasteiger partial charge is 0.125 e. The summed E-state index contributed by atoms with van der Waals surface area (Å²) in [4.78, 5) is 0. The summed E-state index contributed by atoms with van der Waals surface area (Å²) in [6.07, 6.45) is 0.830. The lowest BCUT2D eigenvalue weighted by Gasteiger charge is -2.14. The van der Waals surface area contributed by atoms with Gasteiger partial charge in [0.05, 0.1) is 7.11 Å². The van der Waals surface area contributed by atoms with Gasteiger partial charge in [0.1, 0.15) is 18.1 Å². The standard InChI is InChI=1S/C19H24ClNO2/c1-12-7-17(8-13(2)19(12)20)23-11-16-10-15(9-14(3)21)5-6-18(16)22-4/h5-8,10,14H,9,11,21H2,1-4H3. The Hall–Kier alpha value is -1.71. The Morgan fingerprint density at radius 2 is 1.78 bits per heavy atom. The SMILES string of the molecule is COc1ccc(CC(C)N)cc1COc1cc(C)c(Cl)c(C)c1. The van der Waals surface area contributed by atoms with Gasteiger partial charge >= 0.3 is 0 Å². The number of hydrogen-bond acceptors (Lipinski definition) is 3. The first-order valence-corrected chi connectivity index (χ1v) is 8.09. The third-order valence-corrected chi connectivity index (χ3v) is 4.30. The van der Waals surface area contributed by atoms with Crippen molar-refractivity contribution in [2.75, 3.05) is 7.11 Å². The molecule has 0 aliphatic carbocycles. The molecule has 2 N–H and O–H groups in total. The van der Waals surface area contributed by atoms with Gasteiger partial charge in [-0.1, -0.05) is 17.7 Å². The summed E-state index contributed by atoms with van der Waals surface area (Å²) in [6, 6.07) is 10.1. The van der Waals surface area contributed by atoms with Gasteiger partial charge in [-0.05, 0) is 68.1 Å². The largest absolute Gasteiger partial charge is 0.496 e. The lowest BCUT2D eigenvalue weighted by molar-refractivity contribution is 0.296. The average molecular weight is 334 g/mol. The summed E-state index contributed by atoms with van der Waals surface area (Å²) in [6.45, 7) is 6.40. The monoisotopic (exact) mass is 333 g/mol. The van der Waals surface area contributed by atoms with Gasteiger partial charge in [-0.2, -0.15) is 0 Å². The highest BCUT2D eigenvalue weighted by Crippen LogP contribution is 2.28. The van der Waals surface area contributed by atoms with Crippen molar-refractivity contribution in [2.24, 2.45) is 5.73 Å². The molecular formula is C19H24ClNO2. The van der Waals surface area contributed by atoms with Crippen LogP contribution in [0.15, 0.2) is 30.3 Å². The molecule has 3 nitrogen and oxygen atoms in total. The van der Waals surface area contributed by atoms with Crippen molar-refractivity contribution in [1.29, 1.82) is 0 Å². The molecule has 0 aromatic heterocycles. The third-order valence-electron chi connectivity index (χ3n) is 3.71. The Morgan fingerprint density at radius 1 is 1.13 bits per heavy atom. The quantitative estimate of drug-likeness (QED) is 0.850. The van der Waals surface area contributed by atoms with Crippen LogP contribution in [0.1, 0.15) is 29.2 Å². The zero-order valence-corrected chi connectivity index (χ0v) is 14.9. The Labute approximate surface area is 143 Å². The average Bonchev–Trinajstić information content (AvgIpc) is 2.50. The van der Waals surface area contributed by atoms with E-state index >= 15 is 0 Å². The highest BCUT2D eigenvalue weighted by Gasteiger charge is 2.09. The second-order valence-electron chi connectivity index (χ2n) is 5.99. The molecular weight excluding hydrogens is 310 g/mol. The minimum Gasteiger partial charge on any atom is -0.496 e. The molecule has 0 saturated carbocycles. The number of methoxy groups -OCH3 is 1. The van der Waals surface area contributed by atoms with Crippen LogP contribution in [0.2, 0.25) is 5.02 Å². The van der Waals surface area contributed by atoms with Gasteiger partial charge in [-0.3, -0.25) is 0 Å². The minimum atomic E-state index is 0.124. The van der Waals surface area contributed by atoms with Crippen molar-refractivity contribution in [1.82, 2.24) is 0 Å². The maximum Gasteiger partial charge on any atom is 0.125 e. The van der Waals surface area contributed by atoms with Gasteiger partial charge in [0, 0.05) is 16.6 Å². The summed E-state index contributed by atoms with van der Waals surface area (Å²) in [5.41, 5.74) is 10.1. The molecule has 0 aliphatic heterocycles. The van der Waals surface area contributed by atoms with E-state index in [9.17, 15) is 0 Å². The first-order valence-electron chi connectivity index (χ1n) is 7.71. The summed E-state index contributed by atoms with van der Waals surface area (Å²) in [5.74, 6) is 1.63. The number of benzene rings is 2. The number of ether oxygens (including phenoxy) is 2. The van der Waals surface area contributed by atoms with Gasteiger partial charge in [0.15, 0.2) is 0 Å². The Balaban J connectivity index is 2.18. The lowest BCUT2D eigenvalue weighted by atomic mass is 10.0.